The Hall–Kier alpha value is -2.28. The zero-order valence-corrected chi connectivity index (χ0v) is 29.9. The molecular formula is C36H64N6O6. The zero-order chi connectivity index (χ0) is 34.5. The number of amides is 4. The van der Waals surface area contributed by atoms with Gasteiger partial charge in [0.25, 0.3) is 0 Å². The summed E-state index contributed by atoms with van der Waals surface area (Å²) in [5.74, 6) is 0.199. The summed E-state index contributed by atoms with van der Waals surface area (Å²) in [6.07, 6.45) is 14.1. The lowest BCUT2D eigenvalue weighted by molar-refractivity contribution is -0.144. The second kappa shape index (κ2) is 19.8. The second-order valence-corrected chi connectivity index (χ2v) is 15.0. The van der Waals surface area contributed by atoms with Gasteiger partial charge in [-0.3, -0.25) is 24.5 Å². The Kier molecular flexibility index (Phi) is 15.9. The summed E-state index contributed by atoms with van der Waals surface area (Å²) in [7, 11) is 0. The van der Waals surface area contributed by atoms with E-state index in [0.717, 1.165) is 51.4 Å². The van der Waals surface area contributed by atoms with Crippen molar-refractivity contribution in [1.29, 1.82) is 0 Å². The van der Waals surface area contributed by atoms with Gasteiger partial charge in [0, 0.05) is 59.2 Å². The molecule has 0 aromatic rings. The number of nitrogens with zero attached hydrogens (tertiary/aromatic N) is 2. The average molecular weight is 677 g/mol. The predicted molar refractivity (Wildman–Crippen MR) is 185 cm³/mol. The maximum Gasteiger partial charge on any atom is 0.249 e. The highest BCUT2D eigenvalue weighted by atomic mass is 16.5. The van der Waals surface area contributed by atoms with Gasteiger partial charge in [0.1, 0.15) is 18.3 Å². The summed E-state index contributed by atoms with van der Waals surface area (Å²) >= 11 is 0. The molecule has 0 aromatic heterocycles. The van der Waals surface area contributed by atoms with Crippen LogP contribution in [0.5, 0.6) is 0 Å². The van der Waals surface area contributed by atoms with E-state index in [2.05, 4.69) is 16.0 Å². The summed E-state index contributed by atoms with van der Waals surface area (Å²) in [6, 6.07) is -1.71. The summed E-state index contributed by atoms with van der Waals surface area (Å²) < 4.78 is 12.7. The van der Waals surface area contributed by atoms with Crippen molar-refractivity contribution in [1.82, 2.24) is 25.8 Å². The largest absolute Gasteiger partial charge is 0.376 e. The van der Waals surface area contributed by atoms with Gasteiger partial charge in [0.05, 0.1) is 12.7 Å². The van der Waals surface area contributed by atoms with Crippen molar-refractivity contribution in [2.45, 2.75) is 141 Å². The average Bonchev–Trinajstić information content (AvgIpc) is 3.09. The number of hydrogen-bond donors (Lipinski definition) is 4. The molecule has 48 heavy (non-hydrogen) atoms. The minimum absolute atomic E-state index is 0.0808. The number of carbonyl (C=O) groups is 4. The number of nitrogens with one attached hydrogen (secondary N) is 3. The van der Waals surface area contributed by atoms with E-state index in [1.54, 1.807) is 4.90 Å². The highest BCUT2D eigenvalue weighted by Crippen LogP contribution is 2.26. The third kappa shape index (κ3) is 12.2. The number of likely N-dealkylation sites (tertiary alicyclic amines) is 2. The van der Waals surface area contributed by atoms with Crippen LogP contribution >= 0.6 is 0 Å². The molecule has 2 saturated carbocycles. The standard InChI is InChI=1S/C36H64N6O6/c1-25(47-23-28-12-6-4-7-13-28)32(39-26(2)43)35(45)41-18-10-16-30(21-41)20-38-34(48-24-29-14-8-5-9-15-29)33(40-27(3)44)36(46)42-19-11-17-31(37)22-42/h25,28-34,38H,4-24,37H2,1-3H3,(H,39,43)(H,40,44). The van der Waals surface area contributed by atoms with Crippen LogP contribution in [0.2, 0.25) is 0 Å². The van der Waals surface area contributed by atoms with Crippen molar-refractivity contribution in [3.05, 3.63) is 0 Å². The van der Waals surface area contributed by atoms with Crippen molar-refractivity contribution in [3.63, 3.8) is 0 Å². The van der Waals surface area contributed by atoms with Crippen molar-refractivity contribution >= 4 is 23.6 Å². The van der Waals surface area contributed by atoms with Gasteiger partial charge in [-0.1, -0.05) is 38.5 Å². The number of hydrogen-bond acceptors (Lipinski definition) is 8. The lowest BCUT2D eigenvalue weighted by atomic mass is 9.90. The smallest absolute Gasteiger partial charge is 0.249 e. The molecule has 4 fully saturated rings. The van der Waals surface area contributed by atoms with Crippen molar-refractivity contribution in [2.75, 3.05) is 45.9 Å². The fourth-order valence-corrected chi connectivity index (χ4v) is 8.01. The van der Waals surface area contributed by atoms with Gasteiger partial charge in [-0.2, -0.15) is 0 Å². The number of rotatable bonds is 15. The van der Waals surface area contributed by atoms with Gasteiger partial charge < -0.3 is 35.6 Å². The Morgan fingerprint density at radius 1 is 0.667 bits per heavy atom. The summed E-state index contributed by atoms with van der Waals surface area (Å²) in [5, 5.41) is 9.29. The van der Waals surface area contributed by atoms with Crippen LogP contribution < -0.4 is 21.7 Å². The van der Waals surface area contributed by atoms with E-state index in [-0.39, 0.29) is 35.6 Å². The van der Waals surface area contributed by atoms with E-state index in [1.807, 2.05) is 11.8 Å². The lowest BCUT2D eigenvalue weighted by Crippen LogP contribution is -2.62. The molecular weight excluding hydrogens is 612 g/mol. The summed E-state index contributed by atoms with van der Waals surface area (Å²) in [5.41, 5.74) is 6.22. The van der Waals surface area contributed by atoms with Crippen LogP contribution in [-0.4, -0.2) is 110 Å². The molecule has 2 aliphatic heterocycles. The molecule has 4 rings (SSSR count). The minimum Gasteiger partial charge on any atom is -0.376 e. The molecule has 4 amide bonds. The topological polar surface area (TPSA) is 155 Å². The highest BCUT2D eigenvalue weighted by Gasteiger charge is 2.37. The van der Waals surface area contributed by atoms with Gasteiger partial charge in [-0.05, 0) is 76.0 Å². The van der Waals surface area contributed by atoms with Crippen LogP contribution in [0.3, 0.4) is 0 Å². The molecule has 4 aliphatic rings. The molecule has 0 radical (unpaired) electrons. The highest BCUT2D eigenvalue weighted by molar-refractivity contribution is 5.88. The normalized spacial score (nSPS) is 25.5. The van der Waals surface area contributed by atoms with Crippen LogP contribution in [0.4, 0.5) is 0 Å². The Morgan fingerprint density at radius 3 is 1.75 bits per heavy atom. The first-order valence-corrected chi connectivity index (χ1v) is 18.9. The first-order valence-electron chi connectivity index (χ1n) is 18.9. The van der Waals surface area contributed by atoms with E-state index in [9.17, 15) is 19.2 Å². The third-order valence-corrected chi connectivity index (χ3v) is 10.8. The van der Waals surface area contributed by atoms with Crippen LogP contribution in [-0.2, 0) is 28.7 Å². The molecule has 2 heterocycles. The first kappa shape index (κ1) is 38.5. The van der Waals surface area contributed by atoms with E-state index in [1.165, 1.54) is 52.4 Å². The molecule has 0 spiro atoms. The van der Waals surface area contributed by atoms with Gasteiger partial charge in [0.2, 0.25) is 23.6 Å². The molecule has 12 nitrogen and oxygen atoms in total. The quantitative estimate of drug-likeness (QED) is 0.193. The van der Waals surface area contributed by atoms with E-state index < -0.39 is 24.4 Å². The molecule has 6 atom stereocenters. The number of nitrogens with two attached hydrogens (primary N) is 1. The van der Waals surface area contributed by atoms with Crippen molar-refractivity contribution in [3.8, 4) is 0 Å². The Balaban J connectivity index is 1.41. The van der Waals surface area contributed by atoms with Crippen molar-refractivity contribution < 1.29 is 28.7 Å². The number of carbonyl (C=O) groups excluding carboxylic acids is 4. The Morgan fingerprint density at radius 2 is 1.17 bits per heavy atom. The predicted octanol–water partition coefficient (Wildman–Crippen LogP) is 2.68. The van der Waals surface area contributed by atoms with Crippen LogP contribution in [0.15, 0.2) is 0 Å². The molecule has 12 heteroatoms. The van der Waals surface area contributed by atoms with E-state index in [4.69, 9.17) is 15.2 Å². The second-order valence-electron chi connectivity index (χ2n) is 15.0. The molecule has 274 valence electrons. The van der Waals surface area contributed by atoms with E-state index in [0.29, 0.717) is 57.8 Å². The molecule has 0 bridgehead atoms. The first-order chi connectivity index (χ1) is 23.1. The van der Waals surface area contributed by atoms with Crippen LogP contribution in [0.25, 0.3) is 0 Å². The van der Waals surface area contributed by atoms with E-state index >= 15 is 0 Å². The lowest BCUT2D eigenvalue weighted by Gasteiger charge is -2.39. The van der Waals surface area contributed by atoms with Gasteiger partial charge in [-0.15, -0.1) is 0 Å². The Bertz CT molecular complexity index is 1030. The number of piperidine rings is 2. The van der Waals surface area contributed by atoms with Crippen LogP contribution in [0, 0.1) is 17.8 Å². The SMILES string of the molecule is CC(=O)NC(C(=O)N1CCCC(CNC(OCC2CCCCC2)C(NC(C)=O)C(=O)N2CCCC(N)C2)C1)C(C)OCC1CCCCC1. The maximum absolute atomic E-state index is 13.9. The monoisotopic (exact) mass is 676 g/mol. The molecule has 2 aliphatic carbocycles. The fraction of sp³-hybridized carbons (Fsp3) is 0.889. The van der Waals surface area contributed by atoms with Crippen molar-refractivity contribution in [2.24, 2.45) is 23.5 Å². The summed E-state index contributed by atoms with van der Waals surface area (Å²) in [4.78, 5) is 55.9. The summed E-state index contributed by atoms with van der Waals surface area (Å²) in [6.45, 7) is 8.59. The molecule has 6 unspecified atom stereocenters. The minimum atomic E-state index is -0.885. The Labute approximate surface area is 288 Å². The molecule has 2 saturated heterocycles. The van der Waals surface area contributed by atoms with Gasteiger partial charge in [0.15, 0.2) is 0 Å². The number of ether oxygens (including phenoxy) is 2. The van der Waals surface area contributed by atoms with Crippen LogP contribution in [0.1, 0.15) is 111 Å². The third-order valence-electron chi connectivity index (χ3n) is 10.8. The molecule has 0 aromatic carbocycles. The van der Waals surface area contributed by atoms with Gasteiger partial charge in [-0.25, -0.2) is 0 Å². The molecule has 5 N–H and O–H groups in total. The van der Waals surface area contributed by atoms with Gasteiger partial charge >= 0.3 is 0 Å². The fourth-order valence-electron chi connectivity index (χ4n) is 8.01. The maximum atomic E-state index is 13.9. The zero-order valence-electron chi connectivity index (χ0n) is 29.9.